The summed E-state index contributed by atoms with van der Waals surface area (Å²) < 4.78 is 4.54. The number of hydrogen-bond donors (Lipinski definition) is 1. The van der Waals surface area contributed by atoms with E-state index in [-0.39, 0.29) is 16.6 Å². The van der Waals surface area contributed by atoms with E-state index in [0.29, 0.717) is 11.4 Å². The quantitative estimate of drug-likeness (QED) is 0.182. The van der Waals surface area contributed by atoms with Crippen molar-refractivity contribution in [3.05, 3.63) is 187 Å². The molecule has 0 saturated heterocycles. The van der Waals surface area contributed by atoms with Gasteiger partial charge in [-0.1, -0.05) is 145 Å². The van der Waals surface area contributed by atoms with Crippen molar-refractivity contribution < 1.29 is 5.11 Å². The summed E-state index contributed by atoms with van der Waals surface area (Å²) in [6.07, 6.45) is 2.03. The van der Waals surface area contributed by atoms with Gasteiger partial charge in [-0.2, -0.15) is 0 Å². The number of benzene rings is 7. The topological polar surface area (TPSA) is 55.9 Å². The van der Waals surface area contributed by atoms with E-state index in [1.807, 2.05) is 12.3 Å². The maximum absolute atomic E-state index is 12.2. The first-order chi connectivity index (χ1) is 29.4. The Balaban J connectivity index is 1.24. The second-order valence-corrected chi connectivity index (χ2v) is 18.1. The van der Waals surface area contributed by atoms with Crippen LogP contribution in [0.4, 0.5) is 0 Å². The third-order valence-corrected chi connectivity index (χ3v) is 11.9. The maximum atomic E-state index is 12.2. The molecule has 0 aliphatic rings. The van der Waals surface area contributed by atoms with Gasteiger partial charge in [0.05, 0.1) is 33.3 Å². The van der Waals surface area contributed by atoms with Gasteiger partial charge in [0.1, 0.15) is 11.6 Å². The zero-order valence-electron chi connectivity index (χ0n) is 35.5. The Morgan fingerprint density at radius 1 is 0.459 bits per heavy atom. The van der Waals surface area contributed by atoms with E-state index in [1.54, 1.807) is 0 Å². The van der Waals surface area contributed by atoms with E-state index >= 15 is 0 Å². The monoisotopic (exact) mass is 792 g/mol. The second kappa shape index (κ2) is 14.5. The molecule has 0 aliphatic carbocycles. The van der Waals surface area contributed by atoms with Gasteiger partial charge in [-0.05, 0) is 99.8 Å². The number of rotatable bonds is 6. The van der Waals surface area contributed by atoms with Gasteiger partial charge in [-0.3, -0.25) is 9.55 Å². The molecule has 0 amide bonds. The normalized spacial score (nSPS) is 12.2. The van der Waals surface area contributed by atoms with Crippen LogP contribution in [0.2, 0.25) is 0 Å². The zero-order chi connectivity index (χ0) is 42.0. The number of fused-ring (bicyclic) bond motifs is 4. The summed E-state index contributed by atoms with van der Waals surface area (Å²) >= 11 is 0. The standard InChI is InChI=1S/C56H48N4O/c1-55(2,3)40-32-45(53(61)47(33-40)56(4,5)6)54-58-52-43(26-18-28-50(52)60(54)42-23-14-9-15-24-42)38-29-37(36-19-10-7-11-20-36)30-39(31-38)48-34-51-46(35-57-48)44-25-16-17-27-49(44)59(51)41-21-12-8-13-22-41/h7-35,61H,1-6H3. The van der Waals surface area contributed by atoms with Gasteiger partial charge in [0, 0.05) is 45.0 Å². The number of phenols is 1. The molecule has 1 N–H and O–H groups in total. The largest absolute Gasteiger partial charge is 0.507 e. The van der Waals surface area contributed by atoms with Crippen LogP contribution in [0.15, 0.2) is 176 Å². The summed E-state index contributed by atoms with van der Waals surface area (Å²) in [5, 5.41) is 14.5. The molecule has 5 nitrogen and oxygen atoms in total. The number of para-hydroxylation sites is 4. The van der Waals surface area contributed by atoms with E-state index in [9.17, 15) is 5.11 Å². The number of phenolic OH excluding ortho intramolecular Hbond substituents is 1. The van der Waals surface area contributed by atoms with Crippen LogP contribution < -0.4 is 0 Å². The third-order valence-electron chi connectivity index (χ3n) is 11.9. The molecule has 61 heavy (non-hydrogen) atoms. The first-order valence-electron chi connectivity index (χ1n) is 21.1. The number of hydrogen-bond acceptors (Lipinski definition) is 3. The summed E-state index contributed by atoms with van der Waals surface area (Å²) in [5.41, 5.74) is 14.6. The molecule has 0 radical (unpaired) electrons. The Labute approximate surface area is 357 Å². The Hall–Kier alpha value is -7.24. The molecule has 0 fully saturated rings. The van der Waals surface area contributed by atoms with Crippen LogP contribution in [0.1, 0.15) is 52.7 Å². The van der Waals surface area contributed by atoms with Gasteiger partial charge in [0.15, 0.2) is 0 Å². The predicted octanol–water partition coefficient (Wildman–Crippen LogP) is 14.5. The average molecular weight is 793 g/mol. The second-order valence-electron chi connectivity index (χ2n) is 18.1. The lowest BCUT2D eigenvalue weighted by atomic mass is 9.79. The molecule has 0 bridgehead atoms. The van der Waals surface area contributed by atoms with E-state index in [1.165, 1.54) is 5.39 Å². The van der Waals surface area contributed by atoms with E-state index in [4.69, 9.17) is 9.97 Å². The molecule has 0 atom stereocenters. The van der Waals surface area contributed by atoms with Crippen molar-refractivity contribution in [2.45, 2.75) is 52.4 Å². The molecule has 10 aromatic rings. The van der Waals surface area contributed by atoms with Gasteiger partial charge in [0.2, 0.25) is 0 Å². The van der Waals surface area contributed by atoms with Crippen LogP contribution in [0.25, 0.3) is 89.1 Å². The first kappa shape index (κ1) is 38.0. The average Bonchev–Trinajstić information content (AvgIpc) is 3.82. The molecule has 7 aromatic carbocycles. The van der Waals surface area contributed by atoms with Gasteiger partial charge in [-0.15, -0.1) is 0 Å². The Morgan fingerprint density at radius 3 is 1.75 bits per heavy atom. The Kier molecular flexibility index (Phi) is 9.03. The molecule has 0 unspecified atom stereocenters. The lowest BCUT2D eigenvalue weighted by molar-refractivity contribution is 0.446. The first-order valence-corrected chi connectivity index (χ1v) is 21.1. The zero-order valence-corrected chi connectivity index (χ0v) is 35.5. The third kappa shape index (κ3) is 6.67. The van der Waals surface area contributed by atoms with Crippen LogP contribution in [0.5, 0.6) is 5.75 Å². The molecule has 5 heteroatoms. The summed E-state index contributed by atoms with van der Waals surface area (Å²) in [4.78, 5) is 10.7. The molecular formula is C56H48N4O. The minimum Gasteiger partial charge on any atom is -0.507 e. The van der Waals surface area contributed by atoms with Crippen molar-refractivity contribution in [2.75, 3.05) is 0 Å². The predicted molar refractivity (Wildman–Crippen MR) is 254 cm³/mol. The lowest BCUT2D eigenvalue weighted by Gasteiger charge is -2.27. The molecule has 298 valence electrons. The summed E-state index contributed by atoms with van der Waals surface area (Å²) in [6.45, 7) is 13.1. The van der Waals surface area contributed by atoms with Crippen LogP contribution in [0, 0.1) is 0 Å². The van der Waals surface area contributed by atoms with Gasteiger partial charge in [-0.25, -0.2) is 4.98 Å². The van der Waals surface area contributed by atoms with Crippen molar-refractivity contribution in [3.8, 4) is 62.0 Å². The van der Waals surface area contributed by atoms with E-state index in [0.717, 1.165) is 83.5 Å². The van der Waals surface area contributed by atoms with E-state index in [2.05, 4.69) is 214 Å². The Morgan fingerprint density at radius 2 is 1.07 bits per heavy atom. The van der Waals surface area contributed by atoms with Crippen molar-refractivity contribution in [1.82, 2.24) is 19.1 Å². The van der Waals surface area contributed by atoms with Crippen molar-refractivity contribution in [1.29, 1.82) is 0 Å². The molecule has 10 rings (SSSR count). The fourth-order valence-electron chi connectivity index (χ4n) is 8.77. The number of pyridine rings is 1. The smallest absolute Gasteiger partial charge is 0.149 e. The van der Waals surface area contributed by atoms with Crippen LogP contribution >= 0.6 is 0 Å². The minimum absolute atomic E-state index is 0.155. The van der Waals surface area contributed by atoms with Crippen LogP contribution in [0.3, 0.4) is 0 Å². The van der Waals surface area contributed by atoms with Crippen LogP contribution in [-0.4, -0.2) is 24.2 Å². The molecule has 0 saturated carbocycles. The van der Waals surface area contributed by atoms with Crippen LogP contribution in [-0.2, 0) is 10.8 Å². The number of aromatic nitrogens is 4. The summed E-state index contributed by atoms with van der Waals surface area (Å²) in [6, 6.07) is 59.7. The molecule has 0 spiro atoms. The Bertz CT molecular complexity index is 3250. The molecule has 3 aromatic heterocycles. The molecular weight excluding hydrogens is 745 g/mol. The number of aromatic hydroxyl groups is 1. The van der Waals surface area contributed by atoms with Gasteiger partial charge < -0.3 is 9.67 Å². The van der Waals surface area contributed by atoms with Gasteiger partial charge in [0.25, 0.3) is 0 Å². The fourth-order valence-corrected chi connectivity index (χ4v) is 8.77. The van der Waals surface area contributed by atoms with Crippen molar-refractivity contribution in [3.63, 3.8) is 0 Å². The highest BCUT2D eigenvalue weighted by molar-refractivity contribution is 6.09. The SMILES string of the molecule is CC(C)(C)c1cc(-c2nc3c(-c4cc(-c5ccccc5)cc(-c5cc6c(cn5)c5ccccc5n6-c5ccccc5)c4)cccc3n2-c2ccccc2)c(O)c(C(C)(C)C)c1. The van der Waals surface area contributed by atoms with Crippen molar-refractivity contribution in [2.24, 2.45) is 0 Å². The summed E-state index contributed by atoms with van der Waals surface area (Å²) in [5.74, 6) is 0.959. The maximum Gasteiger partial charge on any atom is 0.149 e. The highest BCUT2D eigenvalue weighted by Gasteiger charge is 2.29. The van der Waals surface area contributed by atoms with E-state index < -0.39 is 0 Å². The molecule has 0 aliphatic heterocycles. The fraction of sp³-hybridized carbons (Fsp3) is 0.143. The number of nitrogens with zero attached hydrogens (tertiary/aromatic N) is 4. The lowest BCUT2D eigenvalue weighted by Crippen LogP contribution is -2.17. The minimum atomic E-state index is -0.296. The molecule has 3 heterocycles. The highest BCUT2D eigenvalue weighted by Crippen LogP contribution is 2.45. The van der Waals surface area contributed by atoms with Crippen molar-refractivity contribution >= 4 is 32.8 Å². The highest BCUT2D eigenvalue weighted by atomic mass is 16.3. The number of imidazole rings is 1. The summed E-state index contributed by atoms with van der Waals surface area (Å²) in [7, 11) is 0. The van der Waals surface area contributed by atoms with Gasteiger partial charge >= 0.3 is 0 Å².